The third-order valence-electron chi connectivity index (χ3n) is 3.56. The summed E-state index contributed by atoms with van der Waals surface area (Å²) in [5.41, 5.74) is -0.998. The summed E-state index contributed by atoms with van der Waals surface area (Å²) < 4.78 is 5.17. The first-order valence-corrected chi connectivity index (χ1v) is 6.39. The van der Waals surface area contributed by atoms with Gasteiger partial charge in [-0.1, -0.05) is 13.8 Å². The topological polar surface area (TPSA) is 78.9 Å². The molecule has 0 aliphatic carbocycles. The number of nitrogens with zero attached hydrogens (tertiary/aromatic N) is 1. The van der Waals surface area contributed by atoms with Crippen molar-refractivity contribution in [3.8, 4) is 0 Å². The first-order valence-electron chi connectivity index (χ1n) is 6.39. The van der Waals surface area contributed by atoms with Gasteiger partial charge in [0.25, 0.3) is 0 Å². The zero-order valence-corrected chi connectivity index (χ0v) is 11.1. The second kappa shape index (κ2) is 6.70. The summed E-state index contributed by atoms with van der Waals surface area (Å²) in [6, 6.07) is 0. The number of carboxylic acids is 1. The molecule has 18 heavy (non-hydrogen) atoms. The number of amides is 1. The van der Waals surface area contributed by atoms with Crippen molar-refractivity contribution in [2.75, 3.05) is 32.8 Å². The lowest BCUT2D eigenvalue weighted by atomic mass is 9.93. The monoisotopic (exact) mass is 258 g/mol. The Bertz CT molecular complexity index is 296. The number of carboxylic acid groups (broad SMARTS) is 1. The van der Waals surface area contributed by atoms with Crippen molar-refractivity contribution in [1.82, 2.24) is 10.2 Å². The molecular weight excluding hydrogens is 236 g/mol. The molecule has 1 rings (SSSR count). The Morgan fingerprint density at radius 3 is 2.28 bits per heavy atom. The van der Waals surface area contributed by atoms with E-state index in [0.29, 0.717) is 39.1 Å². The van der Waals surface area contributed by atoms with Gasteiger partial charge in [-0.3, -0.25) is 14.9 Å². The molecule has 0 unspecified atom stereocenters. The van der Waals surface area contributed by atoms with Crippen LogP contribution in [0.4, 0.5) is 0 Å². The van der Waals surface area contributed by atoms with Gasteiger partial charge in [-0.2, -0.15) is 0 Å². The molecule has 6 nitrogen and oxygen atoms in total. The minimum atomic E-state index is -0.998. The SMILES string of the molecule is CCC(CC)(NCC(=O)N1CCOCC1)C(=O)O. The number of aliphatic carboxylic acids is 1. The molecule has 1 aliphatic heterocycles. The second-order valence-electron chi connectivity index (χ2n) is 4.44. The Kier molecular flexibility index (Phi) is 5.55. The highest BCUT2D eigenvalue weighted by Gasteiger charge is 2.35. The second-order valence-corrected chi connectivity index (χ2v) is 4.44. The molecule has 6 heteroatoms. The van der Waals surface area contributed by atoms with Gasteiger partial charge in [0.15, 0.2) is 0 Å². The maximum Gasteiger partial charge on any atom is 0.323 e. The van der Waals surface area contributed by atoms with E-state index in [1.54, 1.807) is 4.90 Å². The van der Waals surface area contributed by atoms with Gasteiger partial charge in [-0.05, 0) is 12.8 Å². The van der Waals surface area contributed by atoms with E-state index >= 15 is 0 Å². The molecule has 2 N–H and O–H groups in total. The summed E-state index contributed by atoms with van der Waals surface area (Å²) in [5.74, 6) is -0.965. The van der Waals surface area contributed by atoms with Gasteiger partial charge in [0.05, 0.1) is 19.8 Å². The molecule has 1 aliphatic rings. The van der Waals surface area contributed by atoms with E-state index in [9.17, 15) is 14.7 Å². The summed E-state index contributed by atoms with van der Waals surface area (Å²) in [4.78, 5) is 24.9. The number of ether oxygens (including phenoxy) is 1. The van der Waals surface area contributed by atoms with Gasteiger partial charge in [0, 0.05) is 13.1 Å². The smallest absolute Gasteiger partial charge is 0.323 e. The summed E-state index contributed by atoms with van der Waals surface area (Å²) in [5, 5.41) is 12.1. The van der Waals surface area contributed by atoms with Crippen molar-refractivity contribution in [2.45, 2.75) is 32.2 Å². The van der Waals surface area contributed by atoms with Gasteiger partial charge in [0.2, 0.25) is 5.91 Å². The summed E-state index contributed by atoms with van der Waals surface area (Å²) in [6.07, 6.45) is 0.907. The Labute approximate surface area is 107 Å². The largest absolute Gasteiger partial charge is 0.480 e. The lowest BCUT2D eigenvalue weighted by Crippen LogP contribution is -2.55. The molecule has 104 valence electrons. The maximum atomic E-state index is 11.9. The van der Waals surface area contributed by atoms with Crippen LogP contribution in [0.3, 0.4) is 0 Å². The number of nitrogens with one attached hydrogen (secondary N) is 1. The van der Waals surface area contributed by atoms with Crippen molar-refractivity contribution in [1.29, 1.82) is 0 Å². The fourth-order valence-electron chi connectivity index (χ4n) is 2.05. The van der Waals surface area contributed by atoms with Crippen LogP contribution in [0.5, 0.6) is 0 Å². The molecular formula is C12H22N2O4. The highest BCUT2D eigenvalue weighted by Crippen LogP contribution is 2.15. The minimum absolute atomic E-state index is 0.0635. The minimum Gasteiger partial charge on any atom is -0.480 e. The molecule has 1 heterocycles. The highest BCUT2D eigenvalue weighted by atomic mass is 16.5. The van der Waals surface area contributed by atoms with Gasteiger partial charge < -0.3 is 14.7 Å². The van der Waals surface area contributed by atoms with E-state index in [4.69, 9.17) is 4.74 Å². The third-order valence-corrected chi connectivity index (χ3v) is 3.56. The molecule has 1 fully saturated rings. The number of morpholine rings is 1. The zero-order chi connectivity index (χ0) is 13.6. The zero-order valence-electron chi connectivity index (χ0n) is 11.1. The first kappa shape index (κ1) is 14.9. The van der Waals surface area contributed by atoms with Crippen LogP contribution < -0.4 is 5.32 Å². The quantitative estimate of drug-likeness (QED) is 0.705. The van der Waals surface area contributed by atoms with Crippen LogP contribution in [0.25, 0.3) is 0 Å². The average Bonchev–Trinajstić information content (AvgIpc) is 2.41. The Morgan fingerprint density at radius 1 is 1.28 bits per heavy atom. The van der Waals surface area contributed by atoms with Gasteiger partial charge >= 0.3 is 5.97 Å². The third kappa shape index (κ3) is 3.43. The van der Waals surface area contributed by atoms with Crippen LogP contribution in [-0.2, 0) is 14.3 Å². The van der Waals surface area contributed by atoms with Crippen molar-refractivity contribution >= 4 is 11.9 Å². The van der Waals surface area contributed by atoms with E-state index in [1.807, 2.05) is 13.8 Å². The lowest BCUT2D eigenvalue weighted by Gasteiger charge is -2.31. The van der Waals surface area contributed by atoms with Crippen molar-refractivity contribution < 1.29 is 19.4 Å². The molecule has 0 atom stereocenters. The summed E-state index contributed by atoms with van der Waals surface area (Å²) in [6.45, 7) is 5.95. The molecule has 0 aromatic rings. The molecule has 0 spiro atoms. The number of rotatable bonds is 6. The van der Waals surface area contributed by atoms with Crippen LogP contribution in [0.1, 0.15) is 26.7 Å². The van der Waals surface area contributed by atoms with Crippen LogP contribution in [0.2, 0.25) is 0 Å². The van der Waals surface area contributed by atoms with Gasteiger partial charge in [0.1, 0.15) is 5.54 Å². The summed E-state index contributed by atoms with van der Waals surface area (Å²) >= 11 is 0. The number of hydrogen-bond donors (Lipinski definition) is 2. The van der Waals surface area contributed by atoms with E-state index in [1.165, 1.54) is 0 Å². The van der Waals surface area contributed by atoms with Crippen molar-refractivity contribution in [3.05, 3.63) is 0 Å². The lowest BCUT2D eigenvalue weighted by molar-refractivity contribution is -0.146. The number of carbonyl (C=O) groups excluding carboxylic acids is 1. The normalized spacial score (nSPS) is 16.7. The Balaban J connectivity index is 2.51. The molecule has 0 radical (unpaired) electrons. The molecule has 0 bridgehead atoms. The maximum absolute atomic E-state index is 11.9. The average molecular weight is 258 g/mol. The predicted molar refractivity (Wildman–Crippen MR) is 66.4 cm³/mol. The van der Waals surface area contributed by atoms with E-state index < -0.39 is 11.5 Å². The Morgan fingerprint density at radius 2 is 1.83 bits per heavy atom. The standard InChI is InChI=1S/C12H22N2O4/c1-3-12(4-2,11(16)17)13-9-10(15)14-5-7-18-8-6-14/h13H,3-9H2,1-2H3,(H,16,17). The predicted octanol–water partition coefficient (Wildman–Crippen LogP) is 0.0782. The van der Waals surface area contributed by atoms with Gasteiger partial charge in [-0.15, -0.1) is 0 Å². The van der Waals surface area contributed by atoms with Crippen LogP contribution in [-0.4, -0.2) is 60.3 Å². The number of hydrogen-bond acceptors (Lipinski definition) is 4. The van der Waals surface area contributed by atoms with E-state index in [-0.39, 0.29) is 12.5 Å². The van der Waals surface area contributed by atoms with Crippen molar-refractivity contribution in [3.63, 3.8) is 0 Å². The van der Waals surface area contributed by atoms with Gasteiger partial charge in [-0.25, -0.2) is 0 Å². The number of carbonyl (C=O) groups is 2. The van der Waals surface area contributed by atoms with Crippen LogP contribution in [0.15, 0.2) is 0 Å². The molecule has 1 saturated heterocycles. The highest BCUT2D eigenvalue weighted by molar-refractivity contribution is 5.82. The molecule has 0 aromatic carbocycles. The molecule has 0 aromatic heterocycles. The molecule has 0 saturated carbocycles. The van der Waals surface area contributed by atoms with E-state index in [0.717, 1.165) is 0 Å². The summed E-state index contributed by atoms with van der Waals surface area (Å²) in [7, 11) is 0. The Hall–Kier alpha value is -1.14. The fraction of sp³-hybridized carbons (Fsp3) is 0.833. The van der Waals surface area contributed by atoms with E-state index in [2.05, 4.69) is 5.32 Å². The fourth-order valence-corrected chi connectivity index (χ4v) is 2.05. The van der Waals surface area contributed by atoms with Crippen LogP contribution >= 0.6 is 0 Å². The van der Waals surface area contributed by atoms with Crippen molar-refractivity contribution in [2.24, 2.45) is 0 Å². The van der Waals surface area contributed by atoms with Crippen LogP contribution in [0, 0.1) is 0 Å². The molecule has 1 amide bonds. The first-order chi connectivity index (χ1) is 8.55.